The molecule has 8 nitrogen and oxygen atoms in total. The molecule has 1 aliphatic rings. The van der Waals surface area contributed by atoms with E-state index >= 15 is 0 Å². The van der Waals surface area contributed by atoms with Crippen molar-refractivity contribution in [3.05, 3.63) is 47.0 Å². The number of rotatable bonds is 6. The molecule has 0 radical (unpaired) electrons. The quantitative estimate of drug-likeness (QED) is 0.557. The van der Waals surface area contributed by atoms with Crippen LogP contribution in [0, 0.1) is 5.82 Å². The molecule has 0 unspecified atom stereocenters. The van der Waals surface area contributed by atoms with Gasteiger partial charge in [0.05, 0.1) is 16.8 Å². The van der Waals surface area contributed by atoms with Gasteiger partial charge in [0, 0.05) is 12.1 Å². The third kappa shape index (κ3) is 4.13. The van der Waals surface area contributed by atoms with E-state index in [0.717, 1.165) is 4.70 Å². The van der Waals surface area contributed by atoms with Crippen molar-refractivity contribution in [2.75, 3.05) is 20.0 Å². The molecule has 2 aromatic carbocycles. The van der Waals surface area contributed by atoms with Crippen LogP contribution in [0.2, 0.25) is 0 Å². The maximum Gasteiger partial charge on any atom is 0.326 e. The maximum atomic E-state index is 13.7. The van der Waals surface area contributed by atoms with Gasteiger partial charge in [-0.1, -0.05) is 23.5 Å². The zero-order valence-corrected chi connectivity index (χ0v) is 16.7. The van der Waals surface area contributed by atoms with Gasteiger partial charge in [-0.25, -0.2) is 4.39 Å². The Bertz CT molecular complexity index is 1190. The molecule has 0 atom stereocenters. The highest BCUT2D eigenvalue weighted by atomic mass is 32.1. The van der Waals surface area contributed by atoms with Gasteiger partial charge in [-0.3, -0.25) is 9.59 Å². The van der Waals surface area contributed by atoms with Gasteiger partial charge in [-0.15, -0.1) is 0 Å². The molecule has 1 amide bonds. The Morgan fingerprint density at radius 1 is 1.23 bits per heavy atom. The van der Waals surface area contributed by atoms with Gasteiger partial charge in [-0.05, 0) is 19.1 Å². The van der Waals surface area contributed by atoms with Gasteiger partial charge in [0.15, 0.2) is 34.5 Å². The number of amides is 1. The predicted octanol–water partition coefficient (Wildman–Crippen LogP) is 2.64. The summed E-state index contributed by atoms with van der Waals surface area (Å²) in [7, 11) is 0. The number of para-hydroxylation sites is 1. The van der Waals surface area contributed by atoms with Gasteiger partial charge in [0.2, 0.25) is 6.79 Å². The molecule has 3 aromatic rings. The number of carbonyl (C=O) groups excluding carboxylic acids is 2. The van der Waals surface area contributed by atoms with Crippen LogP contribution in [0.5, 0.6) is 17.2 Å². The fraction of sp³-hybridized carbons (Fsp3) is 0.250. The van der Waals surface area contributed by atoms with Crippen LogP contribution < -0.4 is 19.0 Å². The summed E-state index contributed by atoms with van der Waals surface area (Å²) >= 11 is 1.21. The van der Waals surface area contributed by atoms with Crippen LogP contribution >= 0.6 is 11.3 Å². The summed E-state index contributed by atoms with van der Waals surface area (Å²) in [6.07, 6.45) is 0. The predicted molar refractivity (Wildman–Crippen MR) is 105 cm³/mol. The number of benzene rings is 2. The lowest BCUT2D eigenvalue weighted by Crippen LogP contribution is -2.24. The van der Waals surface area contributed by atoms with Crippen molar-refractivity contribution in [1.82, 2.24) is 4.57 Å². The van der Waals surface area contributed by atoms with E-state index in [0.29, 0.717) is 17.0 Å². The van der Waals surface area contributed by atoms with Crippen molar-refractivity contribution in [2.24, 2.45) is 4.99 Å². The molecule has 0 saturated heterocycles. The lowest BCUT2D eigenvalue weighted by molar-refractivity contribution is -0.143. The Morgan fingerprint density at radius 2 is 2.00 bits per heavy atom. The van der Waals surface area contributed by atoms with Crippen LogP contribution in [0.4, 0.5) is 4.39 Å². The van der Waals surface area contributed by atoms with Gasteiger partial charge < -0.3 is 23.5 Å². The summed E-state index contributed by atoms with van der Waals surface area (Å²) in [6, 6.07) is 9.28. The van der Waals surface area contributed by atoms with Crippen molar-refractivity contribution in [3.63, 3.8) is 0 Å². The van der Waals surface area contributed by atoms with E-state index in [1.165, 1.54) is 29.5 Å². The summed E-state index contributed by atoms with van der Waals surface area (Å²) in [6.45, 7) is 1.48. The molecule has 156 valence electrons. The number of nitrogens with zero attached hydrogens (tertiary/aromatic N) is 2. The third-order valence-corrected chi connectivity index (χ3v) is 5.22. The minimum atomic E-state index is -0.623. The summed E-state index contributed by atoms with van der Waals surface area (Å²) in [4.78, 5) is 28.8. The normalized spacial score (nSPS) is 12.9. The van der Waals surface area contributed by atoms with Gasteiger partial charge >= 0.3 is 5.97 Å². The number of carbonyl (C=O) groups is 2. The highest BCUT2D eigenvalue weighted by Crippen LogP contribution is 2.37. The van der Waals surface area contributed by atoms with Crippen LogP contribution in [-0.2, 0) is 20.9 Å². The number of hydrogen-bond donors (Lipinski definition) is 0. The minimum absolute atomic E-state index is 0.0393. The summed E-state index contributed by atoms with van der Waals surface area (Å²) in [5.74, 6) is -0.582. The second kappa shape index (κ2) is 8.54. The summed E-state index contributed by atoms with van der Waals surface area (Å²) in [5.41, 5.74) is 0.652. The SMILES string of the molecule is CCOC(=O)Cn1c(=NC(=O)COc2ccccc2F)sc2cc3c(cc21)OCO3. The number of aromatic nitrogens is 1. The number of fused-ring (bicyclic) bond motifs is 2. The van der Waals surface area contributed by atoms with Gasteiger partial charge in [0.1, 0.15) is 6.54 Å². The van der Waals surface area contributed by atoms with Crippen molar-refractivity contribution >= 4 is 33.4 Å². The molecule has 1 aromatic heterocycles. The topological polar surface area (TPSA) is 88.4 Å². The Labute approximate surface area is 174 Å². The van der Waals surface area contributed by atoms with Crippen LogP contribution in [0.1, 0.15) is 6.92 Å². The highest BCUT2D eigenvalue weighted by Gasteiger charge is 2.19. The zero-order chi connectivity index (χ0) is 21.1. The summed E-state index contributed by atoms with van der Waals surface area (Å²) < 4.78 is 37.0. The molecule has 10 heteroatoms. The Balaban J connectivity index is 1.66. The van der Waals surface area contributed by atoms with Crippen molar-refractivity contribution in [2.45, 2.75) is 13.5 Å². The number of hydrogen-bond acceptors (Lipinski definition) is 7. The first-order valence-electron chi connectivity index (χ1n) is 9.08. The second-order valence-electron chi connectivity index (χ2n) is 6.17. The van der Waals surface area contributed by atoms with Crippen LogP contribution in [0.15, 0.2) is 41.4 Å². The Hall–Kier alpha value is -3.40. The van der Waals surface area contributed by atoms with Crippen LogP contribution in [-0.4, -0.2) is 36.5 Å². The minimum Gasteiger partial charge on any atom is -0.481 e. The molecule has 0 bridgehead atoms. The van der Waals surface area contributed by atoms with E-state index in [2.05, 4.69) is 4.99 Å². The van der Waals surface area contributed by atoms with Crippen molar-refractivity contribution in [3.8, 4) is 17.2 Å². The fourth-order valence-corrected chi connectivity index (χ4v) is 3.93. The highest BCUT2D eigenvalue weighted by molar-refractivity contribution is 7.16. The van der Waals surface area contributed by atoms with Crippen LogP contribution in [0.3, 0.4) is 0 Å². The number of esters is 1. The number of ether oxygens (including phenoxy) is 4. The molecular weight excluding hydrogens is 415 g/mol. The largest absolute Gasteiger partial charge is 0.481 e. The third-order valence-electron chi connectivity index (χ3n) is 4.18. The van der Waals surface area contributed by atoms with Gasteiger partial charge in [-0.2, -0.15) is 4.99 Å². The zero-order valence-electron chi connectivity index (χ0n) is 15.9. The van der Waals surface area contributed by atoms with Crippen molar-refractivity contribution < 1.29 is 32.9 Å². The van der Waals surface area contributed by atoms with Gasteiger partial charge in [0.25, 0.3) is 5.91 Å². The summed E-state index contributed by atoms with van der Waals surface area (Å²) in [5, 5.41) is 0. The number of halogens is 1. The molecule has 0 fully saturated rings. The first-order chi connectivity index (χ1) is 14.5. The molecule has 1 aliphatic heterocycles. The molecule has 0 spiro atoms. The second-order valence-corrected chi connectivity index (χ2v) is 7.18. The Kier molecular flexibility index (Phi) is 5.66. The van der Waals surface area contributed by atoms with Crippen molar-refractivity contribution in [1.29, 1.82) is 0 Å². The molecule has 2 heterocycles. The van der Waals surface area contributed by atoms with E-state index in [-0.39, 0.29) is 30.5 Å². The van der Waals surface area contributed by atoms with E-state index in [9.17, 15) is 14.0 Å². The molecule has 30 heavy (non-hydrogen) atoms. The molecular formula is C20H17FN2O6S. The van der Waals surface area contributed by atoms with E-state index in [1.807, 2.05) is 0 Å². The average molecular weight is 432 g/mol. The monoisotopic (exact) mass is 432 g/mol. The Morgan fingerprint density at radius 3 is 2.77 bits per heavy atom. The smallest absolute Gasteiger partial charge is 0.326 e. The van der Waals surface area contributed by atoms with Crippen LogP contribution in [0.25, 0.3) is 10.2 Å². The lowest BCUT2D eigenvalue weighted by atomic mass is 10.3. The first-order valence-corrected chi connectivity index (χ1v) is 9.90. The molecule has 0 saturated carbocycles. The maximum absolute atomic E-state index is 13.7. The molecule has 4 rings (SSSR count). The molecule has 0 aliphatic carbocycles. The fourth-order valence-electron chi connectivity index (χ4n) is 2.87. The van der Waals surface area contributed by atoms with E-state index in [1.54, 1.807) is 29.7 Å². The standard InChI is InChI=1S/C20H17FN2O6S/c1-2-26-19(25)9-23-13-7-15-16(29-11-28-15)8-17(13)30-20(23)22-18(24)10-27-14-6-4-3-5-12(14)21/h3-8H,2,9-11H2,1H3. The lowest BCUT2D eigenvalue weighted by Gasteiger charge is -2.06. The first kappa shape index (κ1) is 19.9. The number of thiazole rings is 1. The van der Waals surface area contributed by atoms with E-state index < -0.39 is 24.3 Å². The molecule has 0 N–H and O–H groups in total. The average Bonchev–Trinajstić information content (AvgIpc) is 3.30. The van der Waals surface area contributed by atoms with E-state index in [4.69, 9.17) is 18.9 Å².